The first-order valence-electron chi connectivity index (χ1n) is 9.19. The zero-order valence-electron chi connectivity index (χ0n) is 14.7. The molecule has 22 heavy (non-hydrogen) atoms. The van der Waals surface area contributed by atoms with Crippen LogP contribution in [0.25, 0.3) is 0 Å². The van der Waals surface area contributed by atoms with Gasteiger partial charge in [0.15, 0.2) is 5.96 Å². The van der Waals surface area contributed by atoms with E-state index in [1.807, 2.05) is 0 Å². The molecule has 0 aromatic carbocycles. The summed E-state index contributed by atoms with van der Waals surface area (Å²) in [6, 6.07) is 0. The summed E-state index contributed by atoms with van der Waals surface area (Å²) in [5.74, 6) is 0.977. The van der Waals surface area contributed by atoms with Gasteiger partial charge in [0.2, 0.25) is 0 Å². The molecule has 130 valence electrons. The smallest absolute Gasteiger partial charge is 0.191 e. The Labute approximate surface area is 136 Å². The van der Waals surface area contributed by atoms with Crippen LogP contribution in [0.15, 0.2) is 4.99 Å². The molecular weight excluding hydrogens is 276 g/mol. The molecular formula is C17H36N4O. The van der Waals surface area contributed by atoms with Crippen LogP contribution < -0.4 is 10.6 Å². The van der Waals surface area contributed by atoms with Gasteiger partial charge in [-0.2, -0.15) is 0 Å². The molecule has 0 amide bonds. The molecule has 0 aliphatic carbocycles. The van der Waals surface area contributed by atoms with Crippen LogP contribution in [0.4, 0.5) is 0 Å². The van der Waals surface area contributed by atoms with Crippen LogP contribution in [0.5, 0.6) is 0 Å². The van der Waals surface area contributed by atoms with Gasteiger partial charge in [-0.15, -0.1) is 0 Å². The van der Waals surface area contributed by atoms with Crippen LogP contribution >= 0.6 is 0 Å². The largest absolute Gasteiger partial charge is 0.379 e. The quantitative estimate of drug-likeness (QED) is 0.349. The number of guanidine groups is 1. The molecule has 0 atom stereocenters. The molecule has 1 aliphatic rings. The first kappa shape index (κ1) is 19.2. The third kappa shape index (κ3) is 10.0. The fourth-order valence-electron chi connectivity index (χ4n) is 2.56. The normalized spacial score (nSPS) is 16.7. The van der Waals surface area contributed by atoms with E-state index in [9.17, 15) is 0 Å². The average molecular weight is 313 g/mol. The summed E-state index contributed by atoms with van der Waals surface area (Å²) in [7, 11) is 0. The highest BCUT2D eigenvalue weighted by Gasteiger charge is 2.08. The van der Waals surface area contributed by atoms with Gasteiger partial charge >= 0.3 is 0 Å². The third-order valence-electron chi connectivity index (χ3n) is 3.92. The van der Waals surface area contributed by atoms with Crippen molar-refractivity contribution in [2.24, 2.45) is 4.99 Å². The number of nitrogens with zero attached hydrogens (tertiary/aromatic N) is 2. The lowest BCUT2D eigenvalue weighted by Gasteiger charge is -2.26. The molecule has 0 spiro atoms. The summed E-state index contributed by atoms with van der Waals surface area (Å²) < 4.78 is 5.37. The van der Waals surface area contributed by atoms with Crippen LogP contribution in [-0.2, 0) is 4.74 Å². The second kappa shape index (κ2) is 13.8. The van der Waals surface area contributed by atoms with Crippen LogP contribution in [-0.4, -0.2) is 63.3 Å². The molecule has 1 aliphatic heterocycles. The summed E-state index contributed by atoms with van der Waals surface area (Å²) >= 11 is 0. The molecule has 0 radical (unpaired) electrons. The molecule has 5 heteroatoms. The van der Waals surface area contributed by atoms with Crippen molar-refractivity contribution < 1.29 is 4.74 Å². The summed E-state index contributed by atoms with van der Waals surface area (Å²) in [5.41, 5.74) is 0. The second-order valence-electron chi connectivity index (χ2n) is 5.91. The third-order valence-corrected chi connectivity index (χ3v) is 3.92. The van der Waals surface area contributed by atoms with Gasteiger partial charge in [-0.25, -0.2) is 0 Å². The predicted molar refractivity (Wildman–Crippen MR) is 94.6 cm³/mol. The van der Waals surface area contributed by atoms with Gasteiger partial charge in [0, 0.05) is 32.7 Å². The molecule has 2 N–H and O–H groups in total. The van der Waals surface area contributed by atoms with Gasteiger partial charge < -0.3 is 15.4 Å². The maximum atomic E-state index is 5.37. The number of aliphatic imine (C=N–C) groups is 1. The molecule has 5 nitrogen and oxygen atoms in total. The Balaban J connectivity index is 2.05. The van der Waals surface area contributed by atoms with Crippen molar-refractivity contribution in [2.45, 2.75) is 52.4 Å². The Kier molecular flexibility index (Phi) is 12.1. The molecule has 1 heterocycles. The van der Waals surface area contributed by atoms with Crippen molar-refractivity contribution in [2.75, 3.05) is 52.5 Å². The number of rotatable bonds is 11. The van der Waals surface area contributed by atoms with Gasteiger partial charge in [-0.3, -0.25) is 9.89 Å². The van der Waals surface area contributed by atoms with E-state index in [1.54, 1.807) is 0 Å². The average Bonchev–Trinajstić information content (AvgIpc) is 2.55. The second-order valence-corrected chi connectivity index (χ2v) is 5.91. The molecule has 0 saturated carbocycles. The van der Waals surface area contributed by atoms with Gasteiger partial charge in [-0.1, -0.05) is 26.2 Å². The number of morpholine rings is 1. The van der Waals surface area contributed by atoms with E-state index in [1.165, 1.54) is 45.1 Å². The predicted octanol–water partition coefficient (Wildman–Crippen LogP) is 2.23. The standard InChI is InChI=1S/C17H36N4O/c1-3-5-6-7-10-19-17(18-4-2)20-11-8-9-12-21-13-15-22-16-14-21/h3-16H2,1-2H3,(H2,18,19,20). The zero-order chi connectivity index (χ0) is 15.9. The maximum Gasteiger partial charge on any atom is 0.191 e. The van der Waals surface area contributed by atoms with Crippen LogP contribution in [0.1, 0.15) is 52.4 Å². The highest BCUT2D eigenvalue weighted by Crippen LogP contribution is 2.00. The fraction of sp³-hybridized carbons (Fsp3) is 0.941. The van der Waals surface area contributed by atoms with Crippen LogP contribution in [0, 0.1) is 0 Å². The molecule has 1 rings (SSSR count). The lowest BCUT2D eigenvalue weighted by Crippen LogP contribution is -2.39. The Morgan fingerprint density at radius 1 is 1.00 bits per heavy atom. The minimum Gasteiger partial charge on any atom is -0.379 e. The Bertz CT molecular complexity index is 278. The van der Waals surface area contributed by atoms with Crippen molar-refractivity contribution in [3.05, 3.63) is 0 Å². The Morgan fingerprint density at radius 3 is 2.55 bits per heavy atom. The van der Waals surface area contributed by atoms with Crippen LogP contribution in [0.3, 0.4) is 0 Å². The molecule has 0 unspecified atom stereocenters. The lowest BCUT2D eigenvalue weighted by atomic mass is 10.2. The highest BCUT2D eigenvalue weighted by atomic mass is 16.5. The SMILES string of the molecule is CCCCCCN=C(NCC)NCCCCN1CCOCC1. The molecule has 0 bridgehead atoms. The molecule has 0 aromatic rings. The molecule has 1 fully saturated rings. The van der Waals surface area contributed by atoms with Crippen molar-refractivity contribution >= 4 is 5.96 Å². The number of hydrogen-bond donors (Lipinski definition) is 2. The van der Waals surface area contributed by atoms with E-state index >= 15 is 0 Å². The fourth-order valence-corrected chi connectivity index (χ4v) is 2.56. The number of hydrogen-bond acceptors (Lipinski definition) is 3. The van der Waals surface area contributed by atoms with E-state index in [-0.39, 0.29) is 0 Å². The first-order chi connectivity index (χ1) is 10.9. The monoisotopic (exact) mass is 312 g/mol. The van der Waals surface area contributed by atoms with Crippen molar-refractivity contribution in [1.82, 2.24) is 15.5 Å². The summed E-state index contributed by atoms with van der Waals surface area (Å²) in [4.78, 5) is 7.14. The minimum absolute atomic E-state index is 0.896. The van der Waals surface area contributed by atoms with E-state index in [2.05, 4.69) is 34.4 Å². The zero-order valence-corrected chi connectivity index (χ0v) is 14.7. The van der Waals surface area contributed by atoms with E-state index < -0.39 is 0 Å². The maximum absolute atomic E-state index is 5.37. The van der Waals surface area contributed by atoms with Gasteiger partial charge in [-0.05, 0) is 32.7 Å². The first-order valence-corrected chi connectivity index (χ1v) is 9.19. The van der Waals surface area contributed by atoms with E-state index in [4.69, 9.17) is 4.74 Å². The van der Waals surface area contributed by atoms with Gasteiger partial charge in [0.05, 0.1) is 13.2 Å². The van der Waals surface area contributed by atoms with Crippen molar-refractivity contribution in [3.8, 4) is 0 Å². The Morgan fingerprint density at radius 2 is 1.82 bits per heavy atom. The summed E-state index contributed by atoms with van der Waals surface area (Å²) in [6.07, 6.45) is 7.52. The van der Waals surface area contributed by atoms with Crippen molar-refractivity contribution in [1.29, 1.82) is 0 Å². The highest BCUT2D eigenvalue weighted by molar-refractivity contribution is 5.79. The summed E-state index contributed by atoms with van der Waals surface area (Å²) in [5, 5.41) is 6.77. The number of nitrogens with one attached hydrogen (secondary N) is 2. The number of unbranched alkanes of at least 4 members (excludes halogenated alkanes) is 4. The van der Waals surface area contributed by atoms with E-state index in [0.717, 1.165) is 51.9 Å². The van der Waals surface area contributed by atoms with Gasteiger partial charge in [0.1, 0.15) is 0 Å². The molecule has 0 aromatic heterocycles. The van der Waals surface area contributed by atoms with Gasteiger partial charge in [0.25, 0.3) is 0 Å². The van der Waals surface area contributed by atoms with Crippen LogP contribution in [0.2, 0.25) is 0 Å². The van der Waals surface area contributed by atoms with E-state index in [0.29, 0.717) is 0 Å². The molecule has 1 saturated heterocycles. The topological polar surface area (TPSA) is 48.9 Å². The minimum atomic E-state index is 0.896. The lowest BCUT2D eigenvalue weighted by molar-refractivity contribution is 0.0372. The van der Waals surface area contributed by atoms with Crippen molar-refractivity contribution in [3.63, 3.8) is 0 Å². The summed E-state index contributed by atoms with van der Waals surface area (Å²) in [6.45, 7) is 12.4. The number of ether oxygens (including phenoxy) is 1. The Hall–Kier alpha value is -0.810.